The molecule has 0 aromatic carbocycles. The van der Waals surface area contributed by atoms with Gasteiger partial charge in [0.1, 0.15) is 0 Å². The smallest absolute Gasteiger partial charge is 0.0762 e. The van der Waals surface area contributed by atoms with Crippen molar-refractivity contribution in [2.45, 2.75) is 65.0 Å². The number of aromatic nitrogens is 2. The Balaban J connectivity index is 2.01. The molecule has 0 aliphatic heterocycles. The van der Waals surface area contributed by atoms with Gasteiger partial charge < -0.3 is 5.32 Å². The lowest BCUT2D eigenvalue weighted by atomic mass is 10.1. The molecule has 98 valence electrons. The molecule has 3 heteroatoms. The lowest BCUT2D eigenvalue weighted by molar-refractivity contribution is 0.519. The molecule has 0 aliphatic rings. The van der Waals surface area contributed by atoms with Crippen molar-refractivity contribution in [3.05, 3.63) is 18.0 Å². The van der Waals surface area contributed by atoms with Crippen LogP contribution >= 0.6 is 0 Å². The maximum Gasteiger partial charge on any atom is 0.0762 e. The number of aryl methyl sites for hydroxylation is 1. The Hall–Kier alpha value is -0.830. The molecule has 0 spiro atoms. The molecule has 3 nitrogen and oxygen atoms in total. The second kappa shape index (κ2) is 9.23. The summed E-state index contributed by atoms with van der Waals surface area (Å²) in [6.07, 6.45) is 11.6. The van der Waals surface area contributed by atoms with E-state index in [4.69, 9.17) is 0 Å². The van der Waals surface area contributed by atoms with Gasteiger partial charge in [0.05, 0.1) is 5.69 Å². The van der Waals surface area contributed by atoms with E-state index < -0.39 is 0 Å². The predicted octanol–water partition coefficient (Wildman–Crippen LogP) is 3.35. The second-order valence-corrected chi connectivity index (χ2v) is 4.72. The molecule has 1 aromatic heterocycles. The highest BCUT2D eigenvalue weighted by atomic mass is 15.3. The average Bonchev–Trinajstić information content (AvgIpc) is 2.76. The predicted molar refractivity (Wildman–Crippen MR) is 73.0 cm³/mol. The molecule has 0 aliphatic carbocycles. The minimum Gasteiger partial charge on any atom is -0.314 e. The van der Waals surface area contributed by atoms with Crippen molar-refractivity contribution in [1.29, 1.82) is 0 Å². The zero-order valence-corrected chi connectivity index (χ0v) is 11.4. The van der Waals surface area contributed by atoms with E-state index in [0.29, 0.717) is 0 Å². The van der Waals surface area contributed by atoms with Crippen molar-refractivity contribution in [1.82, 2.24) is 15.1 Å². The van der Waals surface area contributed by atoms with Crippen LogP contribution in [-0.4, -0.2) is 16.8 Å². The van der Waals surface area contributed by atoms with Gasteiger partial charge in [-0.15, -0.1) is 0 Å². The monoisotopic (exact) mass is 237 g/mol. The molecule has 0 amide bonds. The fourth-order valence-corrected chi connectivity index (χ4v) is 2.03. The first-order chi connectivity index (χ1) is 8.36. The van der Waals surface area contributed by atoms with E-state index >= 15 is 0 Å². The Morgan fingerprint density at radius 1 is 1.12 bits per heavy atom. The molecule has 0 atom stereocenters. The van der Waals surface area contributed by atoms with Gasteiger partial charge in [-0.2, -0.15) is 5.10 Å². The first-order valence-corrected chi connectivity index (χ1v) is 7.03. The fourth-order valence-electron chi connectivity index (χ4n) is 2.03. The van der Waals surface area contributed by atoms with Crippen LogP contribution in [0.1, 0.15) is 57.6 Å². The van der Waals surface area contributed by atoms with Crippen LogP contribution in [0.4, 0.5) is 0 Å². The Morgan fingerprint density at radius 3 is 2.53 bits per heavy atom. The number of hydrogen-bond donors (Lipinski definition) is 1. The zero-order valence-electron chi connectivity index (χ0n) is 11.4. The largest absolute Gasteiger partial charge is 0.314 e. The van der Waals surface area contributed by atoms with Gasteiger partial charge in [-0.3, -0.25) is 4.68 Å². The van der Waals surface area contributed by atoms with Crippen LogP contribution in [0.5, 0.6) is 0 Å². The van der Waals surface area contributed by atoms with Gasteiger partial charge in [0, 0.05) is 19.3 Å². The van der Waals surface area contributed by atoms with Gasteiger partial charge in [0.15, 0.2) is 0 Å². The highest BCUT2D eigenvalue weighted by Gasteiger charge is 1.97. The Bertz CT molecular complexity index is 281. The standard InChI is InChI=1S/C14H27N3/c1-3-4-5-6-7-8-9-11-17-12-10-14(16-17)13-15-2/h10,12,15H,3-9,11,13H2,1-2H3. The van der Waals surface area contributed by atoms with Gasteiger partial charge in [-0.05, 0) is 19.5 Å². The first-order valence-electron chi connectivity index (χ1n) is 7.03. The van der Waals surface area contributed by atoms with E-state index in [1.165, 1.54) is 44.9 Å². The van der Waals surface area contributed by atoms with Crippen LogP contribution < -0.4 is 5.32 Å². The molecule has 1 aromatic rings. The van der Waals surface area contributed by atoms with E-state index in [-0.39, 0.29) is 0 Å². The third kappa shape index (κ3) is 6.47. The number of rotatable bonds is 10. The minimum atomic E-state index is 0.865. The minimum absolute atomic E-state index is 0.865. The van der Waals surface area contributed by atoms with Crippen LogP contribution in [0.3, 0.4) is 0 Å². The SMILES string of the molecule is CCCCCCCCCn1ccc(CNC)n1. The van der Waals surface area contributed by atoms with Crippen LogP contribution in [0.25, 0.3) is 0 Å². The zero-order chi connectivity index (χ0) is 12.3. The second-order valence-electron chi connectivity index (χ2n) is 4.72. The lowest BCUT2D eigenvalue weighted by Crippen LogP contribution is -2.07. The van der Waals surface area contributed by atoms with Gasteiger partial charge in [0.25, 0.3) is 0 Å². The summed E-state index contributed by atoms with van der Waals surface area (Å²) in [5.41, 5.74) is 1.13. The number of nitrogens with zero attached hydrogens (tertiary/aromatic N) is 2. The summed E-state index contributed by atoms with van der Waals surface area (Å²) in [5.74, 6) is 0. The van der Waals surface area contributed by atoms with Crippen molar-refractivity contribution < 1.29 is 0 Å². The number of unbranched alkanes of at least 4 members (excludes halogenated alkanes) is 6. The van der Waals surface area contributed by atoms with Gasteiger partial charge in [0.2, 0.25) is 0 Å². The van der Waals surface area contributed by atoms with Gasteiger partial charge in [-0.25, -0.2) is 0 Å². The summed E-state index contributed by atoms with van der Waals surface area (Å²) in [6, 6.07) is 2.09. The molecule has 0 radical (unpaired) electrons. The quantitative estimate of drug-likeness (QED) is 0.632. The molecule has 0 unspecified atom stereocenters. The van der Waals surface area contributed by atoms with Crippen LogP contribution in [0.2, 0.25) is 0 Å². The highest BCUT2D eigenvalue weighted by molar-refractivity contribution is 4.97. The average molecular weight is 237 g/mol. The molecule has 1 heterocycles. The van der Waals surface area contributed by atoms with E-state index in [2.05, 4.69) is 34.3 Å². The van der Waals surface area contributed by atoms with E-state index in [0.717, 1.165) is 18.8 Å². The molecule has 0 saturated carbocycles. The van der Waals surface area contributed by atoms with E-state index in [1.807, 2.05) is 7.05 Å². The first kappa shape index (κ1) is 14.2. The van der Waals surface area contributed by atoms with Crippen LogP contribution in [-0.2, 0) is 13.1 Å². The van der Waals surface area contributed by atoms with Gasteiger partial charge >= 0.3 is 0 Å². The molecule has 1 rings (SSSR count). The third-order valence-corrected chi connectivity index (χ3v) is 3.04. The molecular formula is C14H27N3. The lowest BCUT2D eigenvalue weighted by Gasteiger charge is -2.02. The topological polar surface area (TPSA) is 29.9 Å². The normalized spacial score (nSPS) is 10.9. The molecular weight excluding hydrogens is 210 g/mol. The van der Waals surface area contributed by atoms with Crippen LogP contribution in [0, 0.1) is 0 Å². The summed E-state index contributed by atoms with van der Waals surface area (Å²) in [4.78, 5) is 0. The summed E-state index contributed by atoms with van der Waals surface area (Å²) < 4.78 is 2.07. The van der Waals surface area contributed by atoms with Gasteiger partial charge in [-0.1, -0.05) is 45.4 Å². The van der Waals surface area contributed by atoms with Crippen molar-refractivity contribution in [3.8, 4) is 0 Å². The summed E-state index contributed by atoms with van der Waals surface area (Å²) in [5, 5.41) is 7.62. The third-order valence-electron chi connectivity index (χ3n) is 3.04. The van der Waals surface area contributed by atoms with Crippen molar-refractivity contribution in [2.75, 3.05) is 7.05 Å². The van der Waals surface area contributed by atoms with Crippen molar-refractivity contribution >= 4 is 0 Å². The number of nitrogens with one attached hydrogen (secondary N) is 1. The maximum absolute atomic E-state index is 4.50. The fraction of sp³-hybridized carbons (Fsp3) is 0.786. The molecule has 0 bridgehead atoms. The summed E-state index contributed by atoms with van der Waals surface area (Å²) in [6.45, 7) is 4.20. The van der Waals surface area contributed by atoms with E-state index in [9.17, 15) is 0 Å². The summed E-state index contributed by atoms with van der Waals surface area (Å²) >= 11 is 0. The maximum atomic E-state index is 4.50. The van der Waals surface area contributed by atoms with E-state index in [1.54, 1.807) is 0 Å². The molecule has 17 heavy (non-hydrogen) atoms. The number of hydrogen-bond acceptors (Lipinski definition) is 2. The Morgan fingerprint density at radius 2 is 1.82 bits per heavy atom. The molecule has 0 saturated heterocycles. The summed E-state index contributed by atoms with van der Waals surface area (Å²) in [7, 11) is 1.95. The Kier molecular flexibility index (Phi) is 7.72. The highest BCUT2D eigenvalue weighted by Crippen LogP contribution is 2.07. The molecule has 1 N–H and O–H groups in total. The van der Waals surface area contributed by atoms with Crippen LogP contribution in [0.15, 0.2) is 12.3 Å². The van der Waals surface area contributed by atoms with Crippen molar-refractivity contribution in [2.24, 2.45) is 0 Å². The Labute approximate surface area is 106 Å². The molecule has 0 fully saturated rings. The van der Waals surface area contributed by atoms with Crippen molar-refractivity contribution in [3.63, 3.8) is 0 Å².